The molecule has 2 amide bonds. The van der Waals surface area contributed by atoms with E-state index in [0.29, 0.717) is 17.8 Å². The number of pyridine rings is 1. The van der Waals surface area contributed by atoms with Crippen LogP contribution < -0.4 is 5.32 Å². The molecule has 7 heteroatoms. The van der Waals surface area contributed by atoms with Crippen LogP contribution in [0.1, 0.15) is 77.5 Å². The lowest BCUT2D eigenvalue weighted by Gasteiger charge is -2.35. The van der Waals surface area contributed by atoms with E-state index in [2.05, 4.69) is 20.5 Å². The summed E-state index contributed by atoms with van der Waals surface area (Å²) in [4.78, 5) is 31.3. The van der Waals surface area contributed by atoms with Crippen molar-refractivity contribution in [2.24, 2.45) is 0 Å². The third-order valence-corrected chi connectivity index (χ3v) is 5.57. The van der Waals surface area contributed by atoms with Crippen molar-refractivity contribution in [1.29, 1.82) is 0 Å². The molecule has 1 saturated carbocycles. The van der Waals surface area contributed by atoms with Crippen LogP contribution in [0.3, 0.4) is 0 Å². The van der Waals surface area contributed by atoms with Gasteiger partial charge in [-0.15, -0.1) is 0 Å². The van der Waals surface area contributed by atoms with Gasteiger partial charge in [0.15, 0.2) is 0 Å². The molecular formula is C20H25N5O2. The van der Waals surface area contributed by atoms with Gasteiger partial charge in [0, 0.05) is 30.5 Å². The van der Waals surface area contributed by atoms with E-state index in [-0.39, 0.29) is 23.9 Å². The summed E-state index contributed by atoms with van der Waals surface area (Å²) >= 11 is 0. The Labute approximate surface area is 158 Å². The highest BCUT2D eigenvalue weighted by Gasteiger charge is 2.30. The summed E-state index contributed by atoms with van der Waals surface area (Å²) in [5, 5.41) is 10.3. The number of carbonyl (C=O) groups is 2. The zero-order valence-electron chi connectivity index (χ0n) is 15.4. The van der Waals surface area contributed by atoms with Crippen LogP contribution in [0.25, 0.3) is 0 Å². The van der Waals surface area contributed by atoms with Crippen molar-refractivity contribution >= 4 is 11.8 Å². The van der Waals surface area contributed by atoms with Crippen LogP contribution in [0.4, 0.5) is 0 Å². The normalized spacial score (nSPS) is 20.6. The third-order valence-electron chi connectivity index (χ3n) is 5.57. The van der Waals surface area contributed by atoms with E-state index >= 15 is 0 Å². The van der Waals surface area contributed by atoms with Gasteiger partial charge in [0.1, 0.15) is 5.69 Å². The number of hydrogen-bond donors (Lipinski definition) is 2. The maximum atomic E-state index is 12.9. The van der Waals surface area contributed by atoms with Gasteiger partial charge in [-0.1, -0.05) is 12.8 Å². The zero-order valence-corrected chi connectivity index (χ0v) is 15.4. The molecule has 4 rings (SSSR count). The van der Waals surface area contributed by atoms with Gasteiger partial charge in [-0.25, -0.2) is 0 Å². The van der Waals surface area contributed by atoms with E-state index in [1.54, 1.807) is 30.6 Å². The van der Waals surface area contributed by atoms with Crippen LogP contribution in [0.5, 0.6) is 0 Å². The molecule has 0 aromatic carbocycles. The number of likely N-dealkylation sites (tertiary alicyclic amines) is 1. The summed E-state index contributed by atoms with van der Waals surface area (Å²) in [5.74, 6) is -0.138. The first-order valence-corrected chi connectivity index (χ1v) is 9.79. The second-order valence-corrected chi connectivity index (χ2v) is 7.41. The Morgan fingerprint density at radius 3 is 2.59 bits per heavy atom. The number of hydrogen-bond acceptors (Lipinski definition) is 4. The number of rotatable bonds is 4. The fourth-order valence-electron chi connectivity index (χ4n) is 4.11. The molecule has 1 aliphatic carbocycles. The Bertz CT molecular complexity index is 798. The standard InChI is InChI=1S/C20H25N5O2/c26-19(22-15-5-1-2-6-15)17-13-16(23-24-17)18-7-3-4-12-25(18)20(27)14-8-10-21-11-9-14/h8-11,13,15,18H,1-7,12H2,(H,22,26)(H,23,24)/t18-/m0/s1. The van der Waals surface area contributed by atoms with Gasteiger partial charge in [-0.2, -0.15) is 5.10 Å². The Morgan fingerprint density at radius 2 is 1.81 bits per heavy atom. The number of carbonyl (C=O) groups excluding carboxylic acids is 2. The summed E-state index contributed by atoms with van der Waals surface area (Å²) in [6, 6.07) is 5.45. The van der Waals surface area contributed by atoms with Crippen molar-refractivity contribution in [3.63, 3.8) is 0 Å². The Hall–Kier alpha value is -2.70. The predicted octanol–water partition coefficient (Wildman–Crippen LogP) is 2.84. The minimum Gasteiger partial charge on any atom is -0.348 e. The van der Waals surface area contributed by atoms with Gasteiger partial charge in [-0.3, -0.25) is 19.7 Å². The molecule has 27 heavy (non-hydrogen) atoms. The predicted molar refractivity (Wildman–Crippen MR) is 100 cm³/mol. The average Bonchev–Trinajstić information content (AvgIpc) is 3.40. The molecule has 0 unspecified atom stereocenters. The molecule has 2 aliphatic rings. The van der Waals surface area contributed by atoms with Crippen molar-refractivity contribution in [2.45, 2.75) is 57.0 Å². The van der Waals surface area contributed by atoms with Crippen LogP contribution in [0, 0.1) is 0 Å². The topological polar surface area (TPSA) is 91.0 Å². The van der Waals surface area contributed by atoms with Gasteiger partial charge in [-0.05, 0) is 50.3 Å². The first-order chi connectivity index (χ1) is 13.2. The summed E-state index contributed by atoms with van der Waals surface area (Å²) in [7, 11) is 0. The fraction of sp³-hybridized carbons (Fsp3) is 0.500. The third kappa shape index (κ3) is 3.86. The quantitative estimate of drug-likeness (QED) is 0.869. The Kier molecular flexibility index (Phi) is 5.18. The van der Waals surface area contributed by atoms with Gasteiger partial charge in [0.2, 0.25) is 0 Å². The monoisotopic (exact) mass is 367 g/mol. The van der Waals surface area contributed by atoms with Crippen LogP contribution in [-0.2, 0) is 0 Å². The smallest absolute Gasteiger partial charge is 0.271 e. The molecule has 2 aromatic rings. The molecule has 1 aliphatic heterocycles. The zero-order chi connectivity index (χ0) is 18.6. The van der Waals surface area contributed by atoms with Crippen molar-refractivity contribution < 1.29 is 9.59 Å². The van der Waals surface area contributed by atoms with Crippen LogP contribution in [-0.4, -0.2) is 44.5 Å². The number of H-pyrrole nitrogens is 1. The van der Waals surface area contributed by atoms with Crippen molar-refractivity contribution in [2.75, 3.05) is 6.54 Å². The van der Waals surface area contributed by atoms with Gasteiger partial charge >= 0.3 is 0 Å². The lowest BCUT2D eigenvalue weighted by molar-refractivity contribution is 0.0606. The molecule has 1 atom stereocenters. The first-order valence-electron chi connectivity index (χ1n) is 9.79. The summed E-state index contributed by atoms with van der Waals surface area (Å²) in [6.45, 7) is 0.703. The lowest BCUT2D eigenvalue weighted by atomic mass is 9.98. The Balaban J connectivity index is 1.50. The van der Waals surface area contributed by atoms with E-state index in [1.165, 1.54) is 12.8 Å². The van der Waals surface area contributed by atoms with Crippen molar-refractivity contribution in [3.8, 4) is 0 Å². The van der Waals surface area contributed by atoms with E-state index in [0.717, 1.165) is 37.8 Å². The second-order valence-electron chi connectivity index (χ2n) is 7.41. The number of piperidine rings is 1. The second kappa shape index (κ2) is 7.90. The van der Waals surface area contributed by atoms with E-state index < -0.39 is 0 Å². The molecule has 0 spiro atoms. The van der Waals surface area contributed by atoms with Crippen LogP contribution >= 0.6 is 0 Å². The fourth-order valence-corrected chi connectivity index (χ4v) is 4.11. The molecule has 7 nitrogen and oxygen atoms in total. The minimum atomic E-state index is -0.132. The molecular weight excluding hydrogens is 342 g/mol. The van der Waals surface area contributed by atoms with Crippen molar-refractivity contribution in [1.82, 2.24) is 25.4 Å². The molecule has 3 heterocycles. The SMILES string of the molecule is O=C(NC1CCCC1)c1cc([C@@H]2CCCCN2C(=O)c2ccncc2)[nH]n1. The van der Waals surface area contributed by atoms with Crippen LogP contribution in [0.2, 0.25) is 0 Å². The lowest BCUT2D eigenvalue weighted by Crippen LogP contribution is -2.38. The molecule has 2 fully saturated rings. The summed E-state index contributed by atoms with van der Waals surface area (Å²) in [6.07, 6.45) is 10.6. The van der Waals surface area contributed by atoms with E-state index in [4.69, 9.17) is 0 Å². The highest BCUT2D eigenvalue weighted by Crippen LogP contribution is 2.31. The average molecular weight is 367 g/mol. The number of aromatic nitrogens is 3. The molecule has 1 saturated heterocycles. The van der Waals surface area contributed by atoms with Gasteiger partial charge in [0.05, 0.1) is 11.7 Å². The minimum absolute atomic E-state index is 0.00587. The maximum absolute atomic E-state index is 12.9. The molecule has 2 N–H and O–H groups in total. The van der Waals surface area contributed by atoms with E-state index in [1.807, 2.05) is 4.90 Å². The molecule has 0 bridgehead atoms. The van der Waals surface area contributed by atoms with Gasteiger partial charge in [0.25, 0.3) is 11.8 Å². The Morgan fingerprint density at radius 1 is 1.07 bits per heavy atom. The van der Waals surface area contributed by atoms with Crippen LogP contribution in [0.15, 0.2) is 30.6 Å². The highest BCUT2D eigenvalue weighted by atomic mass is 16.2. The van der Waals surface area contributed by atoms with E-state index in [9.17, 15) is 9.59 Å². The number of aromatic amines is 1. The first kappa shape index (κ1) is 17.7. The molecule has 2 aromatic heterocycles. The number of amides is 2. The summed E-state index contributed by atoms with van der Waals surface area (Å²) < 4.78 is 0. The number of nitrogens with zero attached hydrogens (tertiary/aromatic N) is 3. The maximum Gasteiger partial charge on any atom is 0.271 e. The van der Waals surface area contributed by atoms with Crippen molar-refractivity contribution in [3.05, 3.63) is 47.5 Å². The van der Waals surface area contributed by atoms with Gasteiger partial charge < -0.3 is 10.2 Å². The summed E-state index contributed by atoms with van der Waals surface area (Å²) in [5.41, 5.74) is 1.86. The molecule has 142 valence electrons. The largest absolute Gasteiger partial charge is 0.348 e. The molecule has 0 radical (unpaired) electrons. The highest BCUT2D eigenvalue weighted by molar-refractivity contribution is 5.94. The number of nitrogens with one attached hydrogen (secondary N) is 2.